The Morgan fingerprint density at radius 1 is 1.03 bits per heavy atom. The lowest BCUT2D eigenvalue weighted by molar-refractivity contribution is -0.149. The van der Waals surface area contributed by atoms with E-state index < -0.39 is 6.04 Å². The van der Waals surface area contributed by atoms with Crippen LogP contribution in [0.1, 0.15) is 43.2 Å². The molecule has 0 aromatic heterocycles. The van der Waals surface area contributed by atoms with Gasteiger partial charge in [-0.1, -0.05) is 30.3 Å². The van der Waals surface area contributed by atoms with Crippen LogP contribution in [0.5, 0.6) is 5.75 Å². The maximum absolute atomic E-state index is 13.8. The van der Waals surface area contributed by atoms with E-state index in [1.54, 1.807) is 12.1 Å². The van der Waals surface area contributed by atoms with Gasteiger partial charge in [-0.3, -0.25) is 14.4 Å². The van der Waals surface area contributed by atoms with Gasteiger partial charge in [-0.05, 0) is 48.9 Å². The summed E-state index contributed by atoms with van der Waals surface area (Å²) in [5.74, 6) is 0.0137. The highest BCUT2D eigenvalue weighted by atomic mass is 16.5. The molecular weight excluding hydrogens is 458 g/mol. The second-order valence-electron chi connectivity index (χ2n) is 9.59. The average molecular weight is 495 g/mol. The molecule has 0 radical (unpaired) electrons. The predicted molar refractivity (Wildman–Crippen MR) is 136 cm³/mol. The smallest absolute Gasteiger partial charge is 0.253 e. The molecular formula is C28H36N3O5+. The Morgan fingerprint density at radius 2 is 1.75 bits per heavy atom. The Kier molecular flexibility index (Phi) is 8.95. The van der Waals surface area contributed by atoms with Crippen molar-refractivity contribution >= 4 is 17.7 Å². The molecule has 3 amide bonds. The molecule has 36 heavy (non-hydrogen) atoms. The van der Waals surface area contributed by atoms with Gasteiger partial charge in [0.15, 0.2) is 0 Å². The van der Waals surface area contributed by atoms with E-state index in [0.29, 0.717) is 64.2 Å². The van der Waals surface area contributed by atoms with Gasteiger partial charge in [0.1, 0.15) is 6.04 Å². The number of piperidine rings is 1. The van der Waals surface area contributed by atoms with Gasteiger partial charge < -0.3 is 25.4 Å². The molecule has 8 heteroatoms. The molecule has 4 N–H and O–H groups in total. The van der Waals surface area contributed by atoms with Gasteiger partial charge in [-0.15, -0.1) is 0 Å². The maximum atomic E-state index is 13.8. The highest BCUT2D eigenvalue weighted by Crippen LogP contribution is 2.27. The molecule has 2 aromatic rings. The summed E-state index contributed by atoms with van der Waals surface area (Å²) in [6.07, 6.45) is 3.09. The van der Waals surface area contributed by atoms with Gasteiger partial charge >= 0.3 is 0 Å². The fraction of sp³-hybridized carbons (Fsp3) is 0.464. The molecule has 2 fully saturated rings. The van der Waals surface area contributed by atoms with E-state index >= 15 is 0 Å². The van der Waals surface area contributed by atoms with Gasteiger partial charge in [-0.2, -0.15) is 0 Å². The molecule has 2 heterocycles. The SMILES string of the molecule is O=C1CCC(C(C(=O)NCc2ccccc2)N(C(=O)CCc2ccc([OH2+])cc2)C2CCOCC2)CN1. The second-order valence-corrected chi connectivity index (χ2v) is 9.59. The van der Waals surface area contributed by atoms with Gasteiger partial charge in [0.25, 0.3) is 5.75 Å². The minimum atomic E-state index is -0.666. The van der Waals surface area contributed by atoms with Crippen molar-refractivity contribution in [3.05, 3.63) is 65.7 Å². The van der Waals surface area contributed by atoms with Crippen molar-refractivity contribution in [2.45, 2.75) is 57.2 Å². The van der Waals surface area contributed by atoms with Crippen LogP contribution >= 0.6 is 0 Å². The summed E-state index contributed by atoms with van der Waals surface area (Å²) in [5, 5.41) is 13.6. The molecule has 2 atom stereocenters. The number of nitrogens with zero attached hydrogens (tertiary/aromatic N) is 1. The predicted octanol–water partition coefficient (Wildman–Crippen LogP) is 2.28. The lowest BCUT2D eigenvalue weighted by atomic mass is 9.87. The molecule has 0 spiro atoms. The summed E-state index contributed by atoms with van der Waals surface area (Å²) in [5.41, 5.74) is 1.98. The molecule has 0 bridgehead atoms. The molecule has 8 nitrogen and oxygen atoms in total. The van der Waals surface area contributed by atoms with Crippen molar-refractivity contribution in [1.29, 1.82) is 0 Å². The minimum absolute atomic E-state index is 0.0172. The normalized spacial score (nSPS) is 19.2. The van der Waals surface area contributed by atoms with Crippen LogP contribution in [0.2, 0.25) is 0 Å². The van der Waals surface area contributed by atoms with Crippen LogP contribution in [0.25, 0.3) is 0 Å². The Bertz CT molecular complexity index is 1010. The number of aryl methyl sites for hydroxylation is 1. The number of rotatable bonds is 9. The standard InChI is InChI=1S/C28H35N3O5/c32-24-10-6-20(7-11-24)8-13-26(34)31(23-14-16-36-17-15-23)27(22-9-12-25(33)29-19-22)28(35)30-18-21-4-2-1-3-5-21/h1-7,10-11,22-23,27,32H,8-9,12-19H2,(H,29,33)(H,30,35)/p+1. The van der Waals surface area contributed by atoms with Crippen LogP contribution in [0.3, 0.4) is 0 Å². The highest BCUT2D eigenvalue weighted by molar-refractivity contribution is 5.89. The van der Waals surface area contributed by atoms with Crippen molar-refractivity contribution in [1.82, 2.24) is 15.5 Å². The van der Waals surface area contributed by atoms with Crippen LogP contribution in [-0.2, 0) is 32.1 Å². The first-order valence-electron chi connectivity index (χ1n) is 12.8. The molecule has 0 aliphatic carbocycles. The zero-order valence-corrected chi connectivity index (χ0v) is 20.6. The number of hydrogen-bond acceptors (Lipinski definition) is 4. The van der Waals surface area contributed by atoms with E-state index in [4.69, 9.17) is 9.84 Å². The highest BCUT2D eigenvalue weighted by Gasteiger charge is 2.41. The fourth-order valence-corrected chi connectivity index (χ4v) is 5.08. The number of carbonyl (C=O) groups is 3. The maximum Gasteiger partial charge on any atom is 0.253 e. The van der Waals surface area contributed by atoms with Crippen LogP contribution in [0.4, 0.5) is 0 Å². The number of carbonyl (C=O) groups excluding carboxylic acids is 3. The molecule has 4 rings (SSSR count). The molecule has 2 saturated heterocycles. The quantitative estimate of drug-likeness (QED) is 0.521. The summed E-state index contributed by atoms with van der Waals surface area (Å²) in [7, 11) is 0. The summed E-state index contributed by atoms with van der Waals surface area (Å²) < 4.78 is 5.56. The minimum Gasteiger partial charge on any atom is -0.593 e. The van der Waals surface area contributed by atoms with Crippen molar-refractivity contribution in [3.63, 3.8) is 0 Å². The Morgan fingerprint density at radius 3 is 2.42 bits per heavy atom. The van der Waals surface area contributed by atoms with Crippen LogP contribution in [0.15, 0.2) is 54.6 Å². The number of benzene rings is 2. The molecule has 2 aromatic carbocycles. The summed E-state index contributed by atoms with van der Waals surface area (Å²) in [6.45, 7) is 1.86. The van der Waals surface area contributed by atoms with E-state index in [1.807, 2.05) is 47.4 Å². The molecule has 2 aliphatic heterocycles. The van der Waals surface area contributed by atoms with E-state index in [2.05, 4.69) is 10.6 Å². The lowest BCUT2D eigenvalue weighted by Gasteiger charge is -2.43. The van der Waals surface area contributed by atoms with E-state index in [-0.39, 0.29) is 36.1 Å². The largest absolute Gasteiger partial charge is 0.593 e. The van der Waals surface area contributed by atoms with Crippen LogP contribution in [-0.4, -0.2) is 59.6 Å². The van der Waals surface area contributed by atoms with Crippen molar-refractivity contribution in [3.8, 4) is 5.75 Å². The second kappa shape index (κ2) is 12.5. The number of amides is 3. The lowest BCUT2D eigenvalue weighted by Crippen LogP contribution is -2.60. The summed E-state index contributed by atoms with van der Waals surface area (Å²) in [4.78, 5) is 41.2. The Balaban J connectivity index is 1.56. The Labute approximate surface area is 212 Å². The van der Waals surface area contributed by atoms with E-state index in [1.165, 1.54) is 0 Å². The third-order valence-corrected chi connectivity index (χ3v) is 7.08. The van der Waals surface area contributed by atoms with E-state index in [9.17, 15) is 14.4 Å². The van der Waals surface area contributed by atoms with Gasteiger partial charge in [-0.25, -0.2) is 0 Å². The average Bonchev–Trinajstić information content (AvgIpc) is 2.91. The fourth-order valence-electron chi connectivity index (χ4n) is 5.08. The van der Waals surface area contributed by atoms with Crippen molar-refractivity contribution in [2.24, 2.45) is 5.92 Å². The number of ether oxygens (including phenoxy) is 1. The van der Waals surface area contributed by atoms with E-state index in [0.717, 1.165) is 11.1 Å². The summed E-state index contributed by atoms with van der Waals surface area (Å²) >= 11 is 0. The Hall–Kier alpha value is -3.39. The molecule has 192 valence electrons. The van der Waals surface area contributed by atoms with Gasteiger partial charge in [0.2, 0.25) is 17.7 Å². The van der Waals surface area contributed by atoms with Gasteiger partial charge in [0, 0.05) is 63.2 Å². The van der Waals surface area contributed by atoms with Gasteiger partial charge in [0.05, 0.1) is 0 Å². The third-order valence-electron chi connectivity index (χ3n) is 7.08. The first-order chi connectivity index (χ1) is 17.5. The topological polar surface area (TPSA) is 111 Å². The zero-order valence-electron chi connectivity index (χ0n) is 20.6. The summed E-state index contributed by atoms with van der Waals surface area (Å²) in [6, 6.07) is 16.1. The molecule has 2 aliphatic rings. The van der Waals surface area contributed by atoms with Crippen LogP contribution in [0, 0.1) is 5.92 Å². The number of nitrogens with one attached hydrogen (secondary N) is 2. The van der Waals surface area contributed by atoms with Crippen molar-refractivity contribution in [2.75, 3.05) is 19.8 Å². The molecule has 2 unspecified atom stereocenters. The third kappa shape index (κ3) is 6.85. The number of hydrogen-bond donors (Lipinski definition) is 2. The van der Waals surface area contributed by atoms with Crippen LogP contribution < -0.4 is 10.6 Å². The first kappa shape index (κ1) is 25.7. The first-order valence-corrected chi connectivity index (χ1v) is 12.8. The molecule has 0 saturated carbocycles. The van der Waals surface area contributed by atoms with Crippen molar-refractivity contribution < 1.29 is 24.2 Å². The zero-order chi connectivity index (χ0) is 25.3. The monoisotopic (exact) mass is 494 g/mol.